The normalized spacial score (nSPS) is 23.7. The maximum atomic E-state index is 9.94. The van der Waals surface area contributed by atoms with E-state index in [9.17, 15) is 5.11 Å². The molecule has 2 rings (SSSR count). The first-order valence-electron chi connectivity index (χ1n) is 6.43. The van der Waals surface area contributed by atoms with Crippen molar-refractivity contribution in [3.05, 3.63) is 29.3 Å². The first-order chi connectivity index (χ1) is 8.58. The maximum Gasteiger partial charge on any atom is 0.104 e. The van der Waals surface area contributed by atoms with Crippen LogP contribution in [-0.4, -0.2) is 22.2 Å². The molecule has 4 heteroatoms. The SMILES string of the molecule is Cc1cc(NC2CCCCC2O)ccc1C(N)=S. The molecule has 1 aromatic rings. The number of hydrogen-bond donors (Lipinski definition) is 3. The van der Waals surface area contributed by atoms with Gasteiger partial charge < -0.3 is 16.2 Å². The van der Waals surface area contributed by atoms with E-state index in [2.05, 4.69) is 5.32 Å². The van der Waals surface area contributed by atoms with Crippen molar-refractivity contribution >= 4 is 22.9 Å². The topological polar surface area (TPSA) is 58.3 Å². The van der Waals surface area contributed by atoms with Gasteiger partial charge in [0.05, 0.1) is 12.1 Å². The number of thiocarbonyl (C=S) groups is 1. The fourth-order valence-corrected chi connectivity index (χ4v) is 2.75. The van der Waals surface area contributed by atoms with Gasteiger partial charge in [-0.05, 0) is 43.5 Å². The van der Waals surface area contributed by atoms with Crippen LogP contribution in [0.25, 0.3) is 0 Å². The van der Waals surface area contributed by atoms with E-state index in [1.54, 1.807) is 0 Å². The Hall–Kier alpha value is -1.13. The molecule has 0 heterocycles. The average Bonchev–Trinajstić information content (AvgIpc) is 2.32. The number of nitrogens with two attached hydrogens (primary N) is 1. The second-order valence-electron chi connectivity index (χ2n) is 5.00. The number of nitrogens with one attached hydrogen (secondary N) is 1. The Morgan fingerprint density at radius 1 is 1.39 bits per heavy atom. The first-order valence-corrected chi connectivity index (χ1v) is 6.84. The second kappa shape index (κ2) is 5.67. The zero-order chi connectivity index (χ0) is 13.1. The number of anilines is 1. The summed E-state index contributed by atoms with van der Waals surface area (Å²) in [5, 5.41) is 13.3. The van der Waals surface area contributed by atoms with E-state index in [1.165, 1.54) is 6.42 Å². The van der Waals surface area contributed by atoms with Crippen molar-refractivity contribution < 1.29 is 5.11 Å². The summed E-state index contributed by atoms with van der Waals surface area (Å²) in [5.41, 5.74) is 8.65. The molecule has 1 aliphatic rings. The van der Waals surface area contributed by atoms with Crippen LogP contribution >= 0.6 is 12.2 Å². The summed E-state index contributed by atoms with van der Waals surface area (Å²) in [7, 11) is 0. The van der Waals surface area contributed by atoms with Gasteiger partial charge in [0.1, 0.15) is 4.99 Å². The second-order valence-corrected chi connectivity index (χ2v) is 5.44. The van der Waals surface area contributed by atoms with Gasteiger partial charge in [-0.25, -0.2) is 0 Å². The van der Waals surface area contributed by atoms with Crippen molar-refractivity contribution in [3.8, 4) is 0 Å². The summed E-state index contributed by atoms with van der Waals surface area (Å²) in [5.74, 6) is 0. The smallest absolute Gasteiger partial charge is 0.104 e. The predicted octanol–water partition coefficient (Wildman–Crippen LogP) is 2.34. The van der Waals surface area contributed by atoms with Crippen LogP contribution in [-0.2, 0) is 0 Å². The van der Waals surface area contributed by atoms with Gasteiger partial charge in [0.25, 0.3) is 0 Å². The number of aliphatic hydroxyl groups excluding tert-OH is 1. The molecule has 1 aliphatic carbocycles. The lowest BCUT2D eigenvalue weighted by molar-refractivity contribution is 0.116. The highest BCUT2D eigenvalue weighted by atomic mass is 32.1. The molecule has 0 bridgehead atoms. The van der Waals surface area contributed by atoms with E-state index in [-0.39, 0.29) is 12.1 Å². The van der Waals surface area contributed by atoms with E-state index < -0.39 is 0 Å². The minimum atomic E-state index is -0.241. The molecule has 98 valence electrons. The molecule has 0 radical (unpaired) electrons. The molecular formula is C14H20N2OS. The molecule has 2 atom stereocenters. The zero-order valence-electron chi connectivity index (χ0n) is 10.6. The molecule has 0 amide bonds. The highest BCUT2D eigenvalue weighted by Gasteiger charge is 2.22. The van der Waals surface area contributed by atoms with Gasteiger partial charge in [0.2, 0.25) is 0 Å². The predicted molar refractivity (Wildman–Crippen MR) is 79.0 cm³/mol. The van der Waals surface area contributed by atoms with Crippen LogP contribution in [0.3, 0.4) is 0 Å². The fourth-order valence-electron chi connectivity index (χ4n) is 2.52. The Labute approximate surface area is 113 Å². The molecule has 18 heavy (non-hydrogen) atoms. The van der Waals surface area contributed by atoms with Gasteiger partial charge in [0, 0.05) is 11.3 Å². The van der Waals surface area contributed by atoms with Crippen LogP contribution in [0.4, 0.5) is 5.69 Å². The van der Waals surface area contributed by atoms with Crippen LogP contribution in [0.15, 0.2) is 18.2 Å². The Balaban J connectivity index is 2.10. The lowest BCUT2D eigenvalue weighted by atomic mass is 9.92. The zero-order valence-corrected chi connectivity index (χ0v) is 11.5. The summed E-state index contributed by atoms with van der Waals surface area (Å²) < 4.78 is 0. The number of aliphatic hydroxyl groups is 1. The van der Waals surface area contributed by atoms with Crippen LogP contribution in [0.2, 0.25) is 0 Å². The number of benzene rings is 1. The van der Waals surface area contributed by atoms with Crippen LogP contribution in [0.1, 0.15) is 36.8 Å². The Morgan fingerprint density at radius 3 is 2.72 bits per heavy atom. The molecule has 1 fully saturated rings. The fraction of sp³-hybridized carbons (Fsp3) is 0.500. The Kier molecular flexibility index (Phi) is 4.19. The van der Waals surface area contributed by atoms with E-state index in [0.717, 1.165) is 36.1 Å². The molecule has 1 saturated carbocycles. The summed E-state index contributed by atoms with van der Waals surface area (Å²) >= 11 is 4.99. The van der Waals surface area contributed by atoms with Crippen LogP contribution in [0.5, 0.6) is 0 Å². The van der Waals surface area contributed by atoms with Gasteiger partial charge in [-0.2, -0.15) is 0 Å². The standard InChI is InChI=1S/C14H20N2OS/c1-9-8-10(6-7-11(9)14(15)18)16-12-4-2-3-5-13(12)17/h6-8,12-13,16-17H,2-5H2,1H3,(H2,15,18). The number of hydrogen-bond acceptors (Lipinski definition) is 3. The largest absolute Gasteiger partial charge is 0.391 e. The molecule has 4 N–H and O–H groups in total. The van der Waals surface area contributed by atoms with Crippen molar-refractivity contribution in [2.75, 3.05) is 5.32 Å². The molecular weight excluding hydrogens is 244 g/mol. The summed E-state index contributed by atoms with van der Waals surface area (Å²) in [6.45, 7) is 2.00. The van der Waals surface area contributed by atoms with Crippen LogP contribution in [0, 0.1) is 6.92 Å². The third-order valence-electron chi connectivity index (χ3n) is 3.57. The van der Waals surface area contributed by atoms with Crippen molar-refractivity contribution in [3.63, 3.8) is 0 Å². The van der Waals surface area contributed by atoms with Gasteiger partial charge >= 0.3 is 0 Å². The van der Waals surface area contributed by atoms with Gasteiger partial charge in [-0.15, -0.1) is 0 Å². The highest BCUT2D eigenvalue weighted by molar-refractivity contribution is 7.80. The van der Waals surface area contributed by atoms with Gasteiger partial charge in [-0.1, -0.05) is 25.1 Å². The van der Waals surface area contributed by atoms with Gasteiger partial charge in [0.15, 0.2) is 0 Å². The molecule has 2 unspecified atom stereocenters. The summed E-state index contributed by atoms with van der Waals surface area (Å²) in [6.07, 6.45) is 3.98. The number of rotatable bonds is 3. The minimum Gasteiger partial charge on any atom is -0.391 e. The van der Waals surface area contributed by atoms with Crippen LogP contribution < -0.4 is 11.1 Å². The van der Waals surface area contributed by atoms with Crippen molar-refractivity contribution in [1.82, 2.24) is 0 Å². The summed E-state index contributed by atoms with van der Waals surface area (Å²) in [4.78, 5) is 0.428. The minimum absolute atomic E-state index is 0.161. The molecule has 1 aromatic carbocycles. The van der Waals surface area contributed by atoms with E-state index >= 15 is 0 Å². The summed E-state index contributed by atoms with van der Waals surface area (Å²) in [6, 6.07) is 6.11. The van der Waals surface area contributed by atoms with Crippen molar-refractivity contribution in [2.24, 2.45) is 5.73 Å². The third-order valence-corrected chi connectivity index (χ3v) is 3.79. The third kappa shape index (κ3) is 3.00. The van der Waals surface area contributed by atoms with Crippen molar-refractivity contribution in [2.45, 2.75) is 44.8 Å². The lowest BCUT2D eigenvalue weighted by Crippen LogP contribution is -2.36. The molecule has 0 saturated heterocycles. The Bertz CT molecular complexity index is 447. The average molecular weight is 264 g/mol. The molecule has 0 aliphatic heterocycles. The Morgan fingerprint density at radius 2 is 2.11 bits per heavy atom. The van der Waals surface area contributed by atoms with E-state index in [4.69, 9.17) is 18.0 Å². The maximum absolute atomic E-state index is 9.94. The van der Waals surface area contributed by atoms with E-state index in [1.807, 2.05) is 25.1 Å². The van der Waals surface area contributed by atoms with Gasteiger partial charge in [-0.3, -0.25) is 0 Å². The van der Waals surface area contributed by atoms with Crippen molar-refractivity contribution in [1.29, 1.82) is 0 Å². The lowest BCUT2D eigenvalue weighted by Gasteiger charge is -2.29. The molecule has 3 nitrogen and oxygen atoms in total. The quantitative estimate of drug-likeness (QED) is 0.734. The van der Waals surface area contributed by atoms with E-state index in [0.29, 0.717) is 4.99 Å². The molecule has 0 aromatic heterocycles. The molecule has 0 spiro atoms. The number of aryl methyl sites for hydroxylation is 1. The highest BCUT2D eigenvalue weighted by Crippen LogP contribution is 2.23. The monoisotopic (exact) mass is 264 g/mol. The first kappa shape index (κ1) is 13.3.